The molecular weight excluding hydrogens is 390 g/mol. The molecule has 1 aromatic heterocycles. The highest BCUT2D eigenvalue weighted by atomic mass is 32.2. The Balaban J connectivity index is 1.51. The highest BCUT2D eigenvalue weighted by Crippen LogP contribution is 2.21. The first-order chi connectivity index (χ1) is 13.8. The van der Waals surface area contributed by atoms with Gasteiger partial charge in [0.2, 0.25) is 21.9 Å². The van der Waals surface area contributed by atoms with Gasteiger partial charge in [0.1, 0.15) is 0 Å². The van der Waals surface area contributed by atoms with Crippen molar-refractivity contribution in [2.24, 2.45) is 11.8 Å². The van der Waals surface area contributed by atoms with Crippen molar-refractivity contribution in [2.75, 3.05) is 29.9 Å². The van der Waals surface area contributed by atoms with Crippen molar-refractivity contribution >= 4 is 27.6 Å². The van der Waals surface area contributed by atoms with Crippen LogP contribution in [-0.2, 0) is 14.8 Å². The maximum atomic E-state index is 12.6. The minimum Gasteiger partial charge on any atom is -0.341 e. The van der Waals surface area contributed by atoms with Gasteiger partial charge in [-0.15, -0.1) is 0 Å². The number of sulfonamides is 1. The van der Waals surface area contributed by atoms with Crippen molar-refractivity contribution in [1.29, 1.82) is 0 Å². The van der Waals surface area contributed by atoms with E-state index >= 15 is 0 Å². The summed E-state index contributed by atoms with van der Waals surface area (Å²) < 4.78 is 27.9. The van der Waals surface area contributed by atoms with Gasteiger partial charge in [0.25, 0.3) is 0 Å². The van der Waals surface area contributed by atoms with Crippen LogP contribution in [-0.4, -0.2) is 43.9 Å². The molecule has 0 atom stereocenters. The van der Waals surface area contributed by atoms with E-state index in [1.807, 2.05) is 0 Å². The second-order valence-electron chi connectivity index (χ2n) is 7.50. The molecule has 0 unspecified atom stereocenters. The molecule has 1 saturated heterocycles. The number of rotatable bonds is 7. The summed E-state index contributed by atoms with van der Waals surface area (Å²) in [6.07, 6.45) is 5.20. The van der Waals surface area contributed by atoms with Crippen molar-refractivity contribution in [3.63, 3.8) is 0 Å². The van der Waals surface area contributed by atoms with Crippen LogP contribution in [0.3, 0.4) is 0 Å². The largest absolute Gasteiger partial charge is 0.341 e. The molecule has 1 aromatic carbocycles. The van der Waals surface area contributed by atoms with Crippen molar-refractivity contribution < 1.29 is 13.2 Å². The fourth-order valence-corrected chi connectivity index (χ4v) is 4.22. The topological polar surface area (TPSA) is 104 Å². The molecule has 0 radical (unpaired) electrons. The molecule has 2 N–H and O–H groups in total. The Bertz CT molecular complexity index is 909. The van der Waals surface area contributed by atoms with Gasteiger partial charge in [0.05, 0.1) is 4.90 Å². The molecule has 1 fully saturated rings. The van der Waals surface area contributed by atoms with Crippen molar-refractivity contribution in [2.45, 2.75) is 31.6 Å². The van der Waals surface area contributed by atoms with Gasteiger partial charge in [-0.25, -0.2) is 23.1 Å². The van der Waals surface area contributed by atoms with Crippen LogP contribution in [0.4, 0.5) is 11.6 Å². The Morgan fingerprint density at radius 3 is 2.34 bits per heavy atom. The van der Waals surface area contributed by atoms with E-state index in [-0.39, 0.29) is 22.6 Å². The van der Waals surface area contributed by atoms with Crippen LogP contribution < -0.4 is 14.9 Å². The van der Waals surface area contributed by atoms with Crippen LogP contribution in [0.25, 0.3) is 0 Å². The van der Waals surface area contributed by atoms with E-state index in [0.29, 0.717) is 12.2 Å². The molecule has 9 heteroatoms. The third kappa shape index (κ3) is 5.74. The van der Waals surface area contributed by atoms with Gasteiger partial charge < -0.3 is 10.2 Å². The first-order valence-corrected chi connectivity index (χ1v) is 11.3. The number of hydrogen-bond acceptors (Lipinski definition) is 6. The summed E-state index contributed by atoms with van der Waals surface area (Å²) in [5.74, 6) is 0.747. The van der Waals surface area contributed by atoms with Crippen LogP contribution in [0.1, 0.15) is 26.7 Å². The van der Waals surface area contributed by atoms with Crippen molar-refractivity contribution in [3.8, 4) is 0 Å². The number of carbonyl (C=O) groups is 1. The Morgan fingerprint density at radius 2 is 1.76 bits per heavy atom. The second-order valence-corrected chi connectivity index (χ2v) is 9.27. The third-order valence-electron chi connectivity index (χ3n) is 4.97. The highest BCUT2D eigenvalue weighted by molar-refractivity contribution is 7.89. The van der Waals surface area contributed by atoms with E-state index in [2.05, 4.69) is 24.9 Å². The van der Waals surface area contributed by atoms with Crippen molar-refractivity contribution in [1.82, 2.24) is 14.7 Å². The van der Waals surface area contributed by atoms with Gasteiger partial charge in [0, 0.05) is 43.6 Å². The quantitative estimate of drug-likeness (QED) is 0.716. The van der Waals surface area contributed by atoms with Crippen molar-refractivity contribution in [3.05, 3.63) is 42.7 Å². The smallest absolute Gasteiger partial charge is 0.240 e. The van der Waals surface area contributed by atoms with Crippen LogP contribution in [0.15, 0.2) is 47.6 Å². The zero-order valence-electron chi connectivity index (χ0n) is 16.7. The lowest BCUT2D eigenvalue weighted by atomic mass is 9.97. The first kappa shape index (κ1) is 21.2. The molecule has 29 heavy (non-hydrogen) atoms. The van der Waals surface area contributed by atoms with E-state index in [9.17, 15) is 13.2 Å². The van der Waals surface area contributed by atoms with Gasteiger partial charge in [-0.1, -0.05) is 13.8 Å². The number of benzene rings is 1. The Kier molecular flexibility index (Phi) is 6.81. The zero-order chi connectivity index (χ0) is 20.9. The number of aromatic nitrogens is 2. The molecule has 1 aliphatic heterocycles. The molecule has 0 saturated carbocycles. The average Bonchev–Trinajstić information content (AvgIpc) is 2.73. The lowest BCUT2D eigenvalue weighted by molar-refractivity contribution is -0.118. The SMILES string of the molecule is CC(C)C(=O)Nc1ccc(S(=O)(=O)NCC2CCN(c3ncccn3)CC2)cc1. The van der Waals surface area contributed by atoms with Crippen LogP contribution in [0, 0.1) is 11.8 Å². The van der Waals surface area contributed by atoms with Crippen LogP contribution in [0.5, 0.6) is 0 Å². The summed E-state index contributed by atoms with van der Waals surface area (Å²) in [4.78, 5) is 22.6. The van der Waals surface area contributed by atoms with Gasteiger partial charge in [-0.2, -0.15) is 0 Å². The summed E-state index contributed by atoms with van der Waals surface area (Å²) >= 11 is 0. The average molecular weight is 418 g/mol. The molecule has 3 rings (SSSR count). The molecule has 0 bridgehead atoms. The summed E-state index contributed by atoms with van der Waals surface area (Å²) in [6, 6.07) is 8.01. The number of nitrogens with zero attached hydrogens (tertiary/aromatic N) is 3. The normalized spacial score (nSPS) is 15.5. The number of nitrogens with one attached hydrogen (secondary N) is 2. The number of carbonyl (C=O) groups excluding carboxylic acids is 1. The summed E-state index contributed by atoms with van der Waals surface area (Å²) in [5, 5.41) is 2.75. The van der Waals surface area contributed by atoms with E-state index in [1.165, 1.54) is 12.1 Å². The standard InChI is InChI=1S/C20H27N5O3S/c1-15(2)19(26)24-17-4-6-18(7-5-17)29(27,28)23-14-16-8-12-25(13-9-16)20-21-10-3-11-22-20/h3-7,10-11,15-16,23H,8-9,12-14H2,1-2H3,(H,24,26). The summed E-state index contributed by atoms with van der Waals surface area (Å²) in [6.45, 7) is 5.61. The van der Waals surface area contributed by atoms with Gasteiger partial charge in [0.15, 0.2) is 0 Å². The number of piperidine rings is 1. The predicted molar refractivity (Wildman–Crippen MR) is 112 cm³/mol. The van der Waals surface area contributed by atoms with E-state index in [0.717, 1.165) is 31.9 Å². The maximum Gasteiger partial charge on any atom is 0.240 e. The van der Waals surface area contributed by atoms with Crippen LogP contribution >= 0.6 is 0 Å². The zero-order valence-corrected chi connectivity index (χ0v) is 17.5. The molecular formula is C20H27N5O3S. The maximum absolute atomic E-state index is 12.6. The molecule has 1 amide bonds. The number of hydrogen-bond donors (Lipinski definition) is 2. The Labute approximate surface area is 171 Å². The van der Waals surface area contributed by atoms with Gasteiger partial charge in [-0.3, -0.25) is 4.79 Å². The molecule has 1 aliphatic rings. The lowest BCUT2D eigenvalue weighted by Crippen LogP contribution is -2.39. The number of anilines is 2. The molecule has 2 aromatic rings. The highest BCUT2D eigenvalue weighted by Gasteiger charge is 2.23. The predicted octanol–water partition coefficient (Wildman–Crippen LogP) is 2.27. The second kappa shape index (κ2) is 9.32. The number of amides is 1. The Hall–Kier alpha value is -2.52. The monoisotopic (exact) mass is 417 g/mol. The van der Waals surface area contributed by atoms with E-state index in [1.54, 1.807) is 44.4 Å². The molecule has 156 valence electrons. The van der Waals surface area contributed by atoms with E-state index < -0.39 is 10.0 Å². The van der Waals surface area contributed by atoms with Gasteiger partial charge in [-0.05, 0) is 49.1 Å². The summed E-state index contributed by atoms with van der Waals surface area (Å²) in [5.41, 5.74) is 0.582. The molecule has 0 spiro atoms. The first-order valence-electron chi connectivity index (χ1n) is 9.78. The molecule has 2 heterocycles. The fraction of sp³-hybridized carbons (Fsp3) is 0.450. The minimum absolute atomic E-state index is 0.106. The molecule has 0 aliphatic carbocycles. The Morgan fingerprint density at radius 1 is 1.14 bits per heavy atom. The third-order valence-corrected chi connectivity index (χ3v) is 6.41. The summed E-state index contributed by atoms with van der Waals surface area (Å²) in [7, 11) is -3.59. The fourth-order valence-electron chi connectivity index (χ4n) is 3.11. The minimum atomic E-state index is -3.59. The lowest BCUT2D eigenvalue weighted by Gasteiger charge is -2.31. The van der Waals surface area contributed by atoms with E-state index in [4.69, 9.17) is 0 Å². The van der Waals surface area contributed by atoms with Crippen LogP contribution in [0.2, 0.25) is 0 Å². The molecule has 8 nitrogen and oxygen atoms in total. The van der Waals surface area contributed by atoms with Gasteiger partial charge >= 0.3 is 0 Å².